The molecule has 1 aromatic heterocycles. The minimum atomic E-state index is -4.37. The summed E-state index contributed by atoms with van der Waals surface area (Å²) in [6.07, 6.45) is -0.365. The van der Waals surface area contributed by atoms with Gasteiger partial charge in [-0.2, -0.15) is 18.3 Å². The number of nitrogens with zero attached hydrogens (tertiary/aromatic N) is 2. The minimum Gasteiger partial charge on any atom is -0.476 e. The Bertz CT molecular complexity index is 1090. The number of carbonyl (C=O) groups excluding carboxylic acids is 1. The first-order valence-corrected chi connectivity index (χ1v) is 11.6. The van der Waals surface area contributed by atoms with Crippen molar-refractivity contribution in [3.8, 4) is 17.1 Å². The van der Waals surface area contributed by atoms with Crippen molar-refractivity contribution < 1.29 is 27.4 Å². The van der Waals surface area contributed by atoms with Crippen LogP contribution in [0.3, 0.4) is 0 Å². The molecule has 0 spiro atoms. The SMILES string of the molecule is CCCCOC(=O)C(C)(C)Oc1ccc(CCCc2nc(-c3ccc(C(F)(F)F)cc3)n[nH]2)cc1. The summed E-state index contributed by atoms with van der Waals surface area (Å²) in [7, 11) is 0. The number of benzene rings is 2. The van der Waals surface area contributed by atoms with Crippen molar-refractivity contribution in [3.63, 3.8) is 0 Å². The highest BCUT2D eigenvalue weighted by Gasteiger charge is 2.32. The van der Waals surface area contributed by atoms with Gasteiger partial charge >= 0.3 is 12.1 Å². The maximum Gasteiger partial charge on any atom is 0.416 e. The summed E-state index contributed by atoms with van der Waals surface area (Å²) in [5, 5.41) is 6.97. The fourth-order valence-electron chi connectivity index (χ4n) is 3.35. The van der Waals surface area contributed by atoms with Crippen LogP contribution in [0.25, 0.3) is 11.4 Å². The third kappa shape index (κ3) is 7.56. The summed E-state index contributed by atoms with van der Waals surface area (Å²) < 4.78 is 49.3. The number of carbonyl (C=O) groups is 1. The van der Waals surface area contributed by atoms with Gasteiger partial charge in [0.05, 0.1) is 12.2 Å². The zero-order valence-electron chi connectivity index (χ0n) is 20.1. The van der Waals surface area contributed by atoms with Crippen LogP contribution in [0.15, 0.2) is 48.5 Å². The van der Waals surface area contributed by atoms with Gasteiger partial charge in [0.15, 0.2) is 11.4 Å². The highest BCUT2D eigenvalue weighted by molar-refractivity contribution is 5.79. The number of hydrogen-bond acceptors (Lipinski definition) is 5. The van der Waals surface area contributed by atoms with Crippen molar-refractivity contribution >= 4 is 5.97 Å². The van der Waals surface area contributed by atoms with E-state index >= 15 is 0 Å². The van der Waals surface area contributed by atoms with Gasteiger partial charge in [0, 0.05) is 12.0 Å². The molecule has 0 aliphatic rings. The maximum absolute atomic E-state index is 12.7. The Kier molecular flexibility index (Phi) is 8.53. The Morgan fingerprint density at radius 1 is 0.971 bits per heavy atom. The van der Waals surface area contributed by atoms with E-state index in [0.29, 0.717) is 36.0 Å². The molecule has 0 bridgehead atoms. The highest BCUT2D eigenvalue weighted by Crippen LogP contribution is 2.30. The molecule has 35 heavy (non-hydrogen) atoms. The lowest BCUT2D eigenvalue weighted by atomic mass is 10.1. The van der Waals surface area contributed by atoms with Crippen LogP contribution < -0.4 is 4.74 Å². The molecule has 6 nitrogen and oxygen atoms in total. The summed E-state index contributed by atoms with van der Waals surface area (Å²) in [6, 6.07) is 12.3. The predicted octanol–water partition coefficient (Wildman–Crippen LogP) is 6.17. The Morgan fingerprint density at radius 2 is 1.66 bits per heavy atom. The highest BCUT2D eigenvalue weighted by atomic mass is 19.4. The molecule has 0 aliphatic carbocycles. The average molecular weight is 490 g/mol. The molecule has 0 saturated carbocycles. The van der Waals surface area contributed by atoms with E-state index in [1.165, 1.54) is 12.1 Å². The fraction of sp³-hybridized carbons (Fsp3) is 0.423. The first-order valence-electron chi connectivity index (χ1n) is 11.6. The van der Waals surface area contributed by atoms with E-state index in [0.717, 1.165) is 43.4 Å². The van der Waals surface area contributed by atoms with Crippen LogP contribution in [0.1, 0.15) is 57.0 Å². The number of esters is 1. The standard InChI is InChI=1S/C26H30F3N3O3/c1-4-5-17-34-24(33)25(2,3)35-21-15-9-18(10-16-21)7-6-8-22-30-23(32-31-22)19-11-13-20(14-12-19)26(27,28)29/h9-16H,4-8,17H2,1-3H3,(H,30,31,32). The van der Waals surface area contributed by atoms with Crippen LogP contribution in [-0.4, -0.2) is 33.4 Å². The fourth-order valence-corrected chi connectivity index (χ4v) is 3.35. The Hall–Kier alpha value is -3.36. The number of rotatable bonds is 11. The second-order valence-corrected chi connectivity index (χ2v) is 8.78. The molecule has 0 unspecified atom stereocenters. The monoisotopic (exact) mass is 489 g/mol. The number of aromatic nitrogens is 3. The van der Waals surface area contributed by atoms with Gasteiger partial charge in [-0.1, -0.05) is 37.6 Å². The normalized spacial score (nSPS) is 11.9. The predicted molar refractivity (Wildman–Crippen MR) is 126 cm³/mol. The summed E-state index contributed by atoms with van der Waals surface area (Å²) in [6.45, 7) is 5.79. The number of nitrogens with one attached hydrogen (secondary N) is 1. The number of ether oxygens (including phenoxy) is 2. The second-order valence-electron chi connectivity index (χ2n) is 8.78. The number of unbranched alkanes of at least 4 members (excludes halogenated alkanes) is 1. The number of aromatic amines is 1. The zero-order valence-corrected chi connectivity index (χ0v) is 20.1. The van der Waals surface area contributed by atoms with Crippen molar-refractivity contribution in [3.05, 3.63) is 65.5 Å². The molecule has 3 rings (SSSR count). The summed E-state index contributed by atoms with van der Waals surface area (Å²) in [4.78, 5) is 16.6. The van der Waals surface area contributed by atoms with E-state index in [2.05, 4.69) is 15.2 Å². The molecule has 0 fully saturated rings. The van der Waals surface area contributed by atoms with E-state index < -0.39 is 23.3 Å². The number of hydrogen-bond donors (Lipinski definition) is 1. The summed E-state index contributed by atoms with van der Waals surface area (Å²) in [5.74, 6) is 1.23. The second kappa shape index (κ2) is 11.4. The van der Waals surface area contributed by atoms with Crippen molar-refractivity contribution in [2.75, 3.05) is 6.61 Å². The summed E-state index contributed by atoms with van der Waals surface area (Å²) >= 11 is 0. The molecule has 0 saturated heterocycles. The van der Waals surface area contributed by atoms with Crippen LogP contribution in [0.4, 0.5) is 13.2 Å². The minimum absolute atomic E-state index is 0.367. The molecule has 0 amide bonds. The molecule has 1 N–H and O–H groups in total. The van der Waals surface area contributed by atoms with E-state index in [1.807, 2.05) is 31.2 Å². The number of aryl methyl sites for hydroxylation is 2. The molecule has 9 heteroatoms. The Morgan fingerprint density at radius 3 is 2.29 bits per heavy atom. The lowest BCUT2D eigenvalue weighted by Crippen LogP contribution is -2.39. The third-order valence-corrected chi connectivity index (χ3v) is 5.40. The van der Waals surface area contributed by atoms with Gasteiger partial charge in [-0.25, -0.2) is 9.78 Å². The van der Waals surface area contributed by atoms with Crippen molar-refractivity contribution in [1.82, 2.24) is 15.2 Å². The molecule has 3 aromatic rings. The molecular weight excluding hydrogens is 459 g/mol. The van der Waals surface area contributed by atoms with Crippen molar-refractivity contribution in [2.24, 2.45) is 0 Å². The molecule has 2 aromatic carbocycles. The Balaban J connectivity index is 1.48. The first kappa shape index (κ1) is 26.2. The van der Waals surface area contributed by atoms with Gasteiger partial charge in [-0.15, -0.1) is 0 Å². The number of H-pyrrole nitrogens is 1. The molecular formula is C26H30F3N3O3. The van der Waals surface area contributed by atoms with Crippen LogP contribution in [0.2, 0.25) is 0 Å². The van der Waals surface area contributed by atoms with Gasteiger partial charge in [-0.05, 0) is 62.9 Å². The first-order chi connectivity index (χ1) is 16.6. The van der Waals surface area contributed by atoms with Gasteiger partial charge in [-0.3, -0.25) is 5.10 Å². The Labute approximate surface area is 202 Å². The molecule has 0 aliphatic heterocycles. The van der Waals surface area contributed by atoms with E-state index in [-0.39, 0.29) is 0 Å². The van der Waals surface area contributed by atoms with Gasteiger partial charge in [0.1, 0.15) is 11.6 Å². The topological polar surface area (TPSA) is 77.1 Å². The quantitative estimate of drug-likeness (QED) is 0.258. The lowest BCUT2D eigenvalue weighted by Gasteiger charge is -2.24. The van der Waals surface area contributed by atoms with Gasteiger partial charge < -0.3 is 9.47 Å². The van der Waals surface area contributed by atoms with Crippen LogP contribution in [0.5, 0.6) is 5.75 Å². The molecule has 0 radical (unpaired) electrons. The molecule has 0 atom stereocenters. The summed E-state index contributed by atoms with van der Waals surface area (Å²) in [5.41, 5.74) is -0.160. The van der Waals surface area contributed by atoms with Crippen LogP contribution >= 0.6 is 0 Å². The van der Waals surface area contributed by atoms with Crippen LogP contribution in [0, 0.1) is 0 Å². The lowest BCUT2D eigenvalue weighted by molar-refractivity contribution is -0.159. The van der Waals surface area contributed by atoms with Gasteiger partial charge in [0.25, 0.3) is 0 Å². The zero-order chi connectivity index (χ0) is 25.5. The molecule has 1 heterocycles. The van der Waals surface area contributed by atoms with E-state index in [9.17, 15) is 18.0 Å². The van der Waals surface area contributed by atoms with Crippen LogP contribution in [-0.2, 0) is 28.5 Å². The van der Waals surface area contributed by atoms with Crippen molar-refractivity contribution in [1.29, 1.82) is 0 Å². The largest absolute Gasteiger partial charge is 0.476 e. The number of halogens is 3. The molecule has 188 valence electrons. The van der Waals surface area contributed by atoms with E-state index in [1.54, 1.807) is 13.8 Å². The van der Waals surface area contributed by atoms with E-state index in [4.69, 9.17) is 9.47 Å². The maximum atomic E-state index is 12.7. The number of alkyl halides is 3. The third-order valence-electron chi connectivity index (χ3n) is 5.40. The van der Waals surface area contributed by atoms with Crippen molar-refractivity contribution in [2.45, 2.75) is 64.7 Å². The smallest absolute Gasteiger partial charge is 0.416 e. The average Bonchev–Trinajstić information content (AvgIpc) is 3.28. The van der Waals surface area contributed by atoms with Gasteiger partial charge in [0.2, 0.25) is 0 Å².